The number of aryl methyl sites for hydroxylation is 1. The van der Waals surface area contributed by atoms with E-state index in [1.165, 1.54) is 0 Å². The normalized spacial score (nSPS) is 23.5. The van der Waals surface area contributed by atoms with E-state index in [1.807, 2.05) is 37.6 Å². The lowest BCUT2D eigenvalue weighted by Gasteiger charge is -2.41. The van der Waals surface area contributed by atoms with Crippen LogP contribution in [0.1, 0.15) is 25.5 Å². The molecule has 0 aliphatic carbocycles. The van der Waals surface area contributed by atoms with Gasteiger partial charge in [0.25, 0.3) is 0 Å². The van der Waals surface area contributed by atoms with Crippen LogP contribution in [0, 0.1) is 12.3 Å². The molecule has 2 aliphatic heterocycles. The SMILES string of the molecule is Cc1cc(Sc2cnc(N3CCC4(CC3)CO[C@@H](C)[C@H]4N)n3ccnc23)cc(N)n1. The summed E-state index contributed by atoms with van der Waals surface area (Å²) in [6.07, 6.45) is 7.88. The highest BCUT2D eigenvalue weighted by Crippen LogP contribution is 2.42. The minimum atomic E-state index is 0.0961. The topological polar surface area (TPSA) is 108 Å². The smallest absolute Gasteiger partial charge is 0.211 e. The number of imidazole rings is 1. The number of nitrogen functional groups attached to an aromatic ring is 1. The van der Waals surface area contributed by atoms with E-state index < -0.39 is 0 Å². The number of anilines is 2. The van der Waals surface area contributed by atoms with Crippen LogP contribution in [0.3, 0.4) is 0 Å². The third kappa shape index (κ3) is 3.30. The second-order valence-electron chi connectivity index (χ2n) is 8.41. The Morgan fingerprint density at radius 1 is 1.23 bits per heavy atom. The number of rotatable bonds is 3. The second-order valence-corrected chi connectivity index (χ2v) is 9.52. The van der Waals surface area contributed by atoms with Crippen molar-refractivity contribution in [2.24, 2.45) is 11.1 Å². The summed E-state index contributed by atoms with van der Waals surface area (Å²) in [4.78, 5) is 18.0. The molecule has 5 rings (SSSR count). The first-order valence-electron chi connectivity index (χ1n) is 10.3. The Kier molecular flexibility index (Phi) is 4.83. The van der Waals surface area contributed by atoms with Gasteiger partial charge in [0.1, 0.15) is 5.82 Å². The maximum absolute atomic E-state index is 6.47. The quantitative estimate of drug-likeness (QED) is 0.659. The maximum Gasteiger partial charge on any atom is 0.211 e. The summed E-state index contributed by atoms with van der Waals surface area (Å²) >= 11 is 1.60. The summed E-state index contributed by atoms with van der Waals surface area (Å²) in [5.74, 6) is 1.44. The second kappa shape index (κ2) is 7.40. The van der Waals surface area contributed by atoms with Crippen LogP contribution in [0.15, 0.2) is 40.5 Å². The predicted octanol–water partition coefficient (Wildman–Crippen LogP) is 2.50. The number of ether oxygens (including phenoxy) is 1. The molecule has 1 spiro atoms. The Morgan fingerprint density at radius 2 is 2.03 bits per heavy atom. The molecule has 0 saturated carbocycles. The van der Waals surface area contributed by atoms with E-state index in [1.54, 1.807) is 11.8 Å². The van der Waals surface area contributed by atoms with Crippen molar-refractivity contribution in [2.45, 2.75) is 48.6 Å². The zero-order valence-corrected chi connectivity index (χ0v) is 18.1. The summed E-state index contributed by atoms with van der Waals surface area (Å²) in [5, 5.41) is 0. The van der Waals surface area contributed by atoms with Crippen molar-refractivity contribution in [3.8, 4) is 0 Å². The van der Waals surface area contributed by atoms with Crippen LogP contribution in [0.4, 0.5) is 11.8 Å². The van der Waals surface area contributed by atoms with Crippen LogP contribution >= 0.6 is 11.8 Å². The van der Waals surface area contributed by atoms with Gasteiger partial charge in [0.2, 0.25) is 5.95 Å². The summed E-state index contributed by atoms with van der Waals surface area (Å²) in [7, 11) is 0. The van der Waals surface area contributed by atoms with Crippen LogP contribution in [0.5, 0.6) is 0 Å². The number of hydrogen-bond donors (Lipinski definition) is 2. The molecule has 0 amide bonds. The Hall–Kier alpha value is -2.36. The molecule has 9 heteroatoms. The lowest BCUT2D eigenvalue weighted by molar-refractivity contribution is 0.0973. The summed E-state index contributed by atoms with van der Waals surface area (Å²) in [6.45, 7) is 6.61. The zero-order chi connectivity index (χ0) is 20.9. The van der Waals surface area contributed by atoms with Gasteiger partial charge < -0.3 is 21.1 Å². The summed E-state index contributed by atoms with van der Waals surface area (Å²) in [5.41, 5.74) is 14.3. The molecule has 0 radical (unpaired) electrons. The number of hydrogen-bond acceptors (Lipinski definition) is 8. The molecule has 30 heavy (non-hydrogen) atoms. The zero-order valence-electron chi connectivity index (χ0n) is 17.3. The fraction of sp³-hybridized carbons (Fsp3) is 0.476. The molecule has 2 atom stereocenters. The molecule has 5 heterocycles. The largest absolute Gasteiger partial charge is 0.384 e. The van der Waals surface area contributed by atoms with Crippen molar-refractivity contribution in [3.05, 3.63) is 36.4 Å². The Morgan fingerprint density at radius 3 is 2.73 bits per heavy atom. The van der Waals surface area contributed by atoms with E-state index >= 15 is 0 Å². The third-order valence-electron chi connectivity index (χ3n) is 6.44. The van der Waals surface area contributed by atoms with Gasteiger partial charge in [0.15, 0.2) is 5.65 Å². The van der Waals surface area contributed by atoms with E-state index in [9.17, 15) is 0 Å². The number of piperidine rings is 1. The molecular weight excluding hydrogens is 398 g/mol. The van der Waals surface area contributed by atoms with Crippen molar-refractivity contribution in [1.82, 2.24) is 19.4 Å². The van der Waals surface area contributed by atoms with Crippen LogP contribution in [-0.2, 0) is 4.74 Å². The molecule has 2 aliphatic rings. The number of nitrogens with zero attached hydrogens (tertiary/aromatic N) is 5. The van der Waals surface area contributed by atoms with Crippen molar-refractivity contribution >= 4 is 29.2 Å². The third-order valence-corrected chi connectivity index (χ3v) is 7.42. The minimum Gasteiger partial charge on any atom is -0.384 e. The molecular formula is C21H27N7OS. The van der Waals surface area contributed by atoms with Gasteiger partial charge in [0, 0.05) is 53.7 Å². The number of aromatic nitrogens is 4. The van der Waals surface area contributed by atoms with E-state index in [-0.39, 0.29) is 17.6 Å². The summed E-state index contributed by atoms with van der Waals surface area (Å²) < 4.78 is 7.93. The molecule has 8 nitrogen and oxygen atoms in total. The first kappa shape index (κ1) is 19.6. The lowest BCUT2D eigenvalue weighted by Crippen LogP contribution is -2.51. The molecule has 0 bridgehead atoms. The molecule has 2 saturated heterocycles. The van der Waals surface area contributed by atoms with E-state index in [0.717, 1.165) is 59.6 Å². The van der Waals surface area contributed by atoms with E-state index in [4.69, 9.17) is 21.2 Å². The Bertz CT molecular complexity index is 1060. The maximum atomic E-state index is 6.47. The first-order valence-corrected chi connectivity index (χ1v) is 11.1. The van der Waals surface area contributed by atoms with E-state index in [0.29, 0.717) is 5.82 Å². The number of fused-ring (bicyclic) bond motifs is 1. The van der Waals surface area contributed by atoms with Gasteiger partial charge in [-0.25, -0.2) is 15.0 Å². The molecule has 0 unspecified atom stereocenters. The average Bonchev–Trinajstić information content (AvgIpc) is 3.31. The van der Waals surface area contributed by atoms with Crippen LogP contribution in [-0.4, -0.2) is 51.2 Å². The number of nitrogens with two attached hydrogens (primary N) is 2. The molecule has 2 fully saturated rings. The average molecular weight is 426 g/mol. The van der Waals surface area contributed by atoms with Crippen LogP contribution in [0.25, 0.3) is 5.65 Å². The van der Waals surface area contributed by atoms with Crippen molar-refractivity contribution < 1.29 is 4.74 Å². The van der Waals surface area contributed by atoms with E-state index in [2.05, 4.69) is 26.2 Å². The number of pyridine rings is 1. The van der Waals surface area contributed by atoms with Gasteiger partial charge in [-0.15, -0.1) is 0 Å². The fourth-order valence-corrected chi connectivity index (χ4v) is 5.67. The molecule has 3 aromatic heterocycles. The van der Waals surface area contributed by atoms with Gasteiger partial charge in [-0.05, 0) is 38.8 Å². The highest BCUT2D eigenvalue weighted by atomic mass is 32.2. The highest BCUT2D eigenvalue weighted by molar-refractivity contribution is 7.99. The lowest BCUT2D eigenvalue weighted by atomic mass is 9.73. The van der Waals surface area contributed by atoms with Crippen LogP contribution in [0.2, 0.25) is 0 Å². The highest BCUT2D eigenvalue weighted by Gasteiger charge is 2.47. The first-order chi connectivity index (χ1) is 14.4. The minimum absolute atomic E-state index is 0.0961. The monoisotopic (exact) mass is 425 g/mol. The summed E-state index contributed by atoms with van der Waals surface area (Å²) in [6, 6.07) is 4.01. The van der Waals surface area contributed by atoms with Crippen molar-refractivity contribution in [1.29, 1.82) is 0 Å². The molecule has 158 valence electrons. The Balaban J connectivity index is 1.40. The van der Waals surface area contributed by atoms with Crippen LogP contribution < -0.4 is 16.4 Å². The molecule has 3 aromatic rings. The fourth-order valence-electron chi connectivity index (χ4n) is 4.66. The molecule has 0 aromatic carbocycles. The van der Waals surface area contributed by atoms with Gasteiger partial charge in [-0.2, -0.15) is 0 Å². The standard InChI is InChI=1S/C21H27N7OS/c1-13-9-15(10-17(22)26-13)30-16-11-25-20(28-8-5-24-19(16)28)27-6-3-21(4-7-27)12-29-14(2)18(21)23/h5,8-11,14,18H,3-4,6-7,12,23H2,1-2H3,(H2,22,26)/t14-,18+/m0/s1. The van der Waals surface area contributed by atoms with Gasteiger partial charge in [-0.1, -0.05) is 11.8 Å². The van der Waals surface area contributed by atoms with Gasteiger partial charge >= 0.3 is 0 Å². The molecule has 4 N–H and O–H groups in total. The van der Waals surface area contributed by atoms with Crippen molar-refractivity contribution in [2.75, 3.05) is 30.3 Å². The van der Waals surface area contributed by atoms with Gasteiger partial charge in [-0.3, -0.25) is 4.40 Å². The van der Waals surface area contributed by atoms with Gasteiger partial charge in [0.05, 0.1) is 17.6 Å². The predicted molar refractivity (Wildman–Crippen MR) is 118 cm³/mol. The Labute approximate surface area is 180 Å². The van der Waals surface area contributed by atoms with Crippen molar-refractivity contribution in [3.63, 3.8) is 0 Å².